The van der Waals surface area contributed by atoms with E-state index in [1.54, 1.807) is 11.8 Å². The summed E-state index contributed by atoms with van der Waals surface area (Å²) in [7, 11) is 0. The second kappa shape index (κ2) is 5.91. The molecule has 0 spiro atoms. The first kappa shape index (κ1) is 13.7. The Morgan fingerprint density at radius 3 is 2.83 bits per heavy atom. The molecule has 2 aromatic rings. The number of hydrogen-bond acceptors (Lipinski definition) is 3. The highest BCUT2D eigenvalue weighted by Gasteiger charge is 2.11. The predicted molar refractivity (Wildman–Crippen MR) is 79.3 cm³/mol. The third-order valence-electron chi connectivity index (χ3n) is 2.91. The number of aromatic nitrogens is 1. The first-order valence-electron chi connectivity index (χ1n) is 5.89. The third-order valence-corrected chi connectivity index (χ3v) is 4.57. The zero-order valence-corrected chi connectivity index (χ0v) is 12.1. The van der Waals surface area contributed by atoms with Crippen molar-refractivity contribution in [3.05, 3.63) is 40.5 Å². The fourth-order valence-electron chi connectivity index (χ4n) is 1.79. The average molecular weight is 282 g/mol. The van der Waals surface area contributed by atoms with Crippen LogP contribution in [0, 0.1) is 6.92 Å². The zero-order chi connectivity index (χ0) is 13.1. The number of fused-ring (bicyclic) bond motifs is 1. The van der Waals surface area contributed by atoms with Gasteiger partial charge in [-0.25, -0.2) is 0 Å². The Bertz CT molecular complexity index is 559. The zero-order valence-electron chi connectivity index (χ0n) is 10.5. The van der Waals surface area contributed by atoms with E-state index in [-0.39, 0.29) is 11.9 Å². The number of halogens is 1. The highest BCUT2D eigenvalue weighted by molar-refractivity contribution is 7.99. The van der Waals surface area contributed by atoms with Crippen LogP contribution in [0.15, 0.2) is 24.3 Å². The number of hydrogen-bond donors (Lipinski definition) is 1. The lowest BCUT2D eigenvalue weighted by atomic mass is 10.1. The van der Waals surface area contributed by atoms with Crippen LogP contribution in [-0.4, -0.2) is 21.9 Å². The van der Waals surface area contributed by atoms with Gasteiger partial charge < -0.3 is 5.11 Å². The summed E-state index contributed by atoms with van der Waals surface area (Å²) in [4.78, 5) is 4.61. The van der Waals surface area contributed by atoms with Crippen LogP contribution >= 0.6 is 23.4 Å². The Morgan fingerprint density at radius 2 is 2.11 bits per heavy atom. The molecular weight excluding hydrogens is 266 g/mol. The van der Waals surface area contributed by atoms with Crippen molar-refractivity contribution in [2.45, 2.75) is 24.9 Å². The van der Waals surface area contributed by atoms with Gasteiger partial charge in [0.05, 0.1) is 22.8 Å². The van der Waals surface area contributed by atoms with Gasteiger partial charge in [0.1, 0.15) is 0 Å². The van der Waals surface area contributed by atoms with Crippen LogP contribution in [0.4, 0.5) is 0 Å². The average Bonchev–Trinajstić information content (AvgIpc) is 2.41. The minimum absolute atomic E-state index is 0.175. The van der Waals surface area contributed by atoms with E-state index in [9.17, 15) is 0 Å². The number of rotatable bonds is 4. The van der Waals surface area contributed by atoms with Crippen molar-refractivity contribution in [2.24, 2.45) is 0 Å². The van der Waals surface area contributed by atoms with Crippen LogP contribution in [0.1, 0.15) is 18.2 Å². The first-order valence-corrected chi connectivity index (χ1v) is 7.32. The van der Waals surface area contributed by atoms with E-state index < -0.39 is 0 Å². The normalized spacial score (nSPS) is 12.9. The summed E-state index contributed by atoms with van der Waals surface area (Å²) in [6.45, 7) is 4.19. The van der Waals surface area contributed by atoms with Gasteiger partial charge in [0, 0.05) is 16.4 Å². The highest BCUT2D eigenvalue weighted by atomic mass is 35.5. The number of aliphatic hydroxyl groups excluding tert-OH is 1. The molecule has 0 saturated carbocycles. The van der Waals surface area contributed by atoms with Gasteiger partial charge in [-0.05, 0) is 18.6 Å². The summed E-state index contributed by atoms with van der Waals surface area (Å²) < 4.78 is 0. The maximum absolute atomic E-state index is 9.03. The summed E-state index contributed by atoms with van der Waals surface area (Å²) in [5, 5.41) is 11.1. The lowest BCUT2D eigenvalue weighted by Gasteiger charge is -2.11. The van der Waals surface area contributed by atoms with Gasteiger partial charge >= 0.3 is 0 Å². The number of pyridine rings is 1. The Labute approximate surface area is 116 Å². The molecule has 0 saturated heterocycles. The monoisotopic (exact) mass is 281 g/mol. The molecule has 4 heteroatoms. The molecule has 18 heavy (non-hydrogen) atoms. The molecule has 0 bridgehead atoms. The molecule has 0 fully saturated rings. The second-order valence-corrected chi connectivity index (χ2v) is 6.12. The summed E-state index contributed by atoms with van der Waals surface area (Å²) in [5.74, 6) is 0.728. The molecule has 1 heterocycles. The highest BCUT2D eigenvalue weighted by Crippen LogP contribution is 2.29. The van der Waals surface area contributed by atoms with E-state index in [1.807, 2.05) is 38.1 Å². The quantitative estimate of drug-likeness (QED) is 0.925. The van der Waals surface area contributed by atoms with Gasteiger partial charge in [-0.2, -0.15) is 0 Å². The lowest BCUT2D eigenvalue weighted by Crippen LogP contribution is -2.03. The lowest BCUT2D eigenvalue weighted by molar-refractivity contribution is 0.300. The van der Waals surface area contributed by atoms with Crippen molar-refractivity contribution in [3.63, 3.8) is 0 Å². The standard InChI is InChI=1S/C14H16ClNOS/c1-9(7-17)18-8-13-14(15)10(2)11-5-3-4-6-12(11)16-13/h3-6,9,17H,7-8H2,1-2H3. The van der Waals surface area contributed by atoms with Gasteiger partial charge in [-0.3, -0.25) is 4.98 Å². The number of thioether (sulfide) groups is 1. The molecule has 1 unspecified atom stereocenters. The molecule has 2 rings (SSSR count). The Morgan fingerprint density at radius 1 is 1.39 bits per heavy atom. The van der Waals surface area contributed by atoms with E-state index >= 15 is 0 Å². The van der Waals surface area contributed by atoms with Crippen LogP contribution in [0.5, 0.6) is 0 Å². The molecule has 0 amide bonds. The molecule has 1 aromatic carbocycles. The van der Waals surface area contributed by atoms with Crippen LogP contribution < -0.4 is 0 Å². The number of aliphatic hydroxyl groups is 1. The summed E-state index contributed by atoms with van der Waals surface area (Å²) in [5.41, 5.74) is 2.96. The van der Waals surface area contributed by atoms with E-state index in [4.69, 9.17) is 16.7 Å². The largest absolute Gasteiger partial charge is 0.395 e. The van der Waals surface area contributed by atoms with Crippen molar-refractivity contribution in [3.8, 4) is 0 Å². The molecule has 1 atom stereocenters. The third kappa shape index (κ3) is 2.79. The predicted octanol–water partition coefficient (Wildman–Crippen LogP) is 3.81. The van der Waals surface area contributed by atoms with Gasteiger partial charge in [0.2, 0.25) is 0 Å². The van der Waals surface area contributed by atoms with Crippen molar-refractivity contribution >= 4 is 34.3 Å². The Balaban J connectivity index is 2.36. The van der Waals surface area contributed by atoms with Gasteiger partial charge in [-0.15, -0.1) is 11.8 Å². The van der Waals surface area contributed by atoms with Gasteiger partial charge in [0.25, 0.3) is 0 Å². The van der Waals surface area contributed by atoms with Crippen molar-refractivity contribution in [2.75, 3.05) is 6.61 Å². The molecule has 1 aromatic heterocycles. The van der Waals surface area contributed by atoms with Crippen LogP contribution in [-0.2, 0) is 5.75 Å². The Hall–Kier alpha value is -0.770. The number of aryl methyl sites for hydroxylation is 1. The molecule has 1 N–H and O–H groups in total. The van der Waals surface area contributed by atoms with Gasteiger partial charge in [0.15, 0.2) is 0 Å². The van der Waals surface area contributed by atoms with E-state index in [0.29, 0.717) is 0 Å². The van der Waals surface area contributed by atoms with Crippen molar-refractivity contribution in [1.29, 1.82) is 0 Å². The molecule has 96 valence electrons. The molecule has 0 radical (unpaired) electrons. The fraction of sp³-hybridized carbons (Fsp3) is 0.357. The smallest absolute Gasteiger partial charge is 0.0709 e. The maximum Gasteiger partial charge on any atom is 0.0709 e. The van der Waals surface area contributed by atoms with Crippen LogP contribution in [0.2, 0.25) is 5.02 Å². The fourth-order valence-corrected chi connectivity index (χ4v) is 2.83. The van der Waals surface area contributed by atoms with Crippen molar-refractivity contribution < 1.29 is 5.11 Å². The minimum atomic E-state index is 0.175. The van der Waals surface area contributed by atoms with Crippen LogP contribution in [0.3, 0.4) is 0 Å². The maximum atomic E-state index is 9.03. The van der Waals surface area contributed by atoms with E-state index in [1.165, 1.54) is 0 Å². The second-order valence-electron chi connectivity index (χ2n) is 4.32. The number of nitrogens with zero attached hydrogens (tertiary/aromatic N) is 1. The molecule has 2 nitrogen and oxygen atoms in total. The molecule has 0 aliphatic heterocycles. The summed E-state index contributed by atoms with van der Waals surface area (Å²) in [6, 6.07) is 8.02. The van der Waals surface area contributed by atoms with Gasteiger partial charge in [-0.1, -0.05) is 36.7 Å². The van der Waals surface area contributed by atoms with E-state index in [0.717, 1.165) is 32.9 Å². The number of para-hydroxylation sites is 1. The summed E-state index contributed by atoms with van der Waals surface area (Å²) >= 11 is 8.02. The molecule has 0 aliphatic carbocycles. The molecule has 0 aliphatic rings. The van der Waals surface area contributed by atoms with E-state index in [2.05, 4.69) is 4.98 Å². The minimum Gasteiger partial charge on any atom is -0.395 e. The van der Waals surface area contributed by atoms with Crippen molar-refractivity contribution in [1.82, 2.24) is 4.98 Å². The SMILES string of the molecule is Cc1c(Cl)c(CSC(C)CO)nc2ccccc12. The molecular formula is C14H16ClNOS. The van der Waals surface area contributed by atoms with Crippen LogP contribution in [0.25, 0.3) is 10.9 Å². The topological polar surface area (TPSA) is 33.1 Å². The summed E-state index contributed by atoms with van der Waals surface area (Å²) in [6.07, 6.45) is 0. The number of benzene rings is 1. The first-order chi connectivity index (χ1) is 8.63. The Kier molecular flexibility index (Phi) is 4.49.